The van der Waals surface area contributed by atoms with Crippen LogP contribution in [0.3, 0.4) is 0 Å². The maximum Gasteiger partial charge on any atom is 0.416 e. The third-order valence-corrected chi connectivity index (χ3v) is 9.23. The lowest BCUT2D eigenvalue weighted by molar-refractivity contribution is -0.139. The van der Waals surface area contributed by atoms with E-state index in [4.69, 9.17) is 23.2 Å². The van der Waals surface area contributed by atoms with Crippen molar-refractivity contribution in [2.24, 2.45) is 0 Å². The molecule has 0 saturated carbocycles. The lowest BCUT2D eigenvalue weighted by atomic mass is 10.1. The van der Waals surface area contributed by atoms with Gasteiger partial charge in [-0.1, -0.05) is 66.4 Å². The average molecular weight is 659 g/mol. The van der Waals surface area contributed by atoms with Gasteiger partial charge >= 0.3 is 6.18 Å². The average Bonchev–Trinajstić information content (AvgIpc) is 2.95. The van der Waals surface area contributed by atoms with Crippen molar-refractivity contribution in [1.29, 1.82) is 0 Å². The molecule has 3 aromatic carbocycles. The largest absolute Gasteiger partial charge is 0.416 e. The van der Waals surface area contributed by atoms with Crippen LogP contribution in [0.25, 0.3) is 0 Å². The summed E-state index contributed by atoms with van der Waals surface area (Å²) in [6.07, 6.45) is -3.26. The molecule has 0 bridgehead atoms. The molecule has 0 saturated heterocycles. The van der Waals surface area contributed by atoms with E-state index in [2.05, 4.69) is 5.32 Å². The van der Waals surface area contributed by atoms with E-state index in [1.807, 2.05) is 6.92 Å². The third-order valence-electron chi connectivity index (χ3n) is 6.74. The number of hydrogen-bond acceptors (Lipinski definition) is 4. The van der Waals surface area contributed by atoms with E-state index in [1.54, 1.807) is 25.1 Å². The highest BCUT2D eigenvalue weighted by atomic mass is 35.5. The number of nitrogens with zero attached hydrogens (tertiary/aromatic N) is 2. The van der Waals surface area contributed by atoms with Crippen molar-refractivity contribution in [3.63, 3.8) is 0 Å². The van der Waals surface area contributed by atoms with Crippen molar-refractivity contribution < 1.29 is 31.2 Å². The Morgan fingerprint density at radius 2 is 1.58 bits per heavy atom. The van der Waals surface area contributed by atoms with E-state index in [-0.39, 0.29) is 27.2 Å². The van der Waals surface area contributed by atoms with E-state index in [1.165, 1.54) is 37.3 Å². The summed E-state index contributed by atoms with van der Waals surface area (Å²) in [4.78, 5) is 27.9. The summed E-state index contributed by atoms with van der Waals surface area (Å²) in [7, 11) is -4.55. The molecule has 0 aliphatic rings. The predicted molar refractivity (Wildman–Crippen MR) is 162 cm³/mol. The van der Waals surface area contributed by atoms with Crippen molar-refractivity contribution in [3.05, 3.63) is 93.5 Å². The fraction of sp³-hybridized carbons (Fsp3) is 0.333. The molecule has 0 unspecified atom stereocenters. The van der Waals surface area contributed by atoms with E-state index in [0.29, 0.717) is 28.9 Å². The number of anilines is 1. The van der Waals surface area contributed by atoms with Gasteiger partial charge in [-0.25, -0.2) is 8.42 Å². The Balaban J connectivity index is 2.10. The van der Waals surface area contributed by atoms with Crippen LogP contribution in [0, 0.1) is 6.92 Å². The first-order valence-electron chi connectivity index (χ1n) is 13.4. The molecular formula is C30H32Cl2F3N3O4S. The first kappa shape index (κ1) is 34.2. The number of halogens is 5. The molecule has 232 valence electrons. The van der Waals surface area contributed by atoms with Crippen molar-refractivity contribution in [2.75, 3.05) is 17.4 Å². The van der Waals surface area contributed by atoms with Crippen molar-refractivity contribution in [3.8, 4) is 0 Å². The fourth-order valence-corrected chi connectivity index (χ4v) is 6.10. The number of carbonyl (C=O) groups excluding carboxylic acids is 2. The maximum absolute atomic E-state index is 14.0. The van der Waals surface area contributed by atoms with Crippen LogP contribution in [0.15, 0.2) is 71.6 Å². The lowest BCUT2D eigenvalue weighted by Gasteiger charge is -2.32. The molecular weight excluding hydrogens is 626 g/mol. The summed E-state index contributed by atoms with van der Waals surface area (Å²) in [6, 6.07) is 13.0. The number of nitrogens with one attached hydrogen (secondary N) is 1. The summed E-state index contributed by atoms with van der Waals surface area (Å²) < 4.78 is 69.2. The smallest absolute Gasteiger partial charge is 0.354 e. The van der Waals surface area contributed by atoms with E-state index in [0.717, 1.165) is 29.0 Å². The molecule has 7 nitrogen and oxygen atoms in total. The van der Waals surface area contributed by atoms with Gasteiger partial charge in [-0.05, 0) is 62.7 Å². The number of alkyl halides is 3. The summed E-state index contributed by atoms with van der Waals surface area (Å²) in [5.74, 6) is -1.36. The molecule has 2 amide bonds. The van der Waals surface area contributed by atoms with Crippen LogP contribution < -0.4 is 9.62 Å². The summed E-state index contributed by atoms with van der Waals surface area (Å²) in [6.45, 7) is 4.34. The van der Waals surface area contributed by atoms with Crippen LogP contribution in [-0.4, -0.2) is 44.3 Å². The van der Waals surface area contributed by atoms with Gasteiger partial charge in [0.15, 0.2) is 0 Å². The van der Waals surface area contributed by atoms with Crippen molar-refractivity contribution in [2.45, 2.75) is 57.3 Å². The van der Waals surface area contributed by atoms with Crippen LogP contribution in [0.1, 0.15) is 43.4 Å². The molecule has 3 aromatic rings. The minimum absolute atomic E-state index is 0.214. The normalized spacial score (nSPS) is 12.5. The minimum Gasteiger partial charge on any atom is -0.354 e. The number of benzene rings is 3. The zero-order valence-corrected chi connectivity index (χ0v) is 26.1. The van der Waals surface area contributed by atoms with Gasteiger partial charge < -0.3 is 10.2 Å². The van der Waals surface area contributed by atoms with Crippen molar-refractivity contribution in [1.82, 2.24) is 10.2 Å². The number of aryl methyl sites for hydroxylation is 1. The van der Waals surface area contributed by atoms with Gasteiger partial charge in [0.2, 0.25) is 11.8 Å². The van der Waals surface area contributed by atoms with E-state index in [9.17, 15) is 31.2 Å². The molecule has 0 aliphatic heterocycles. The van der Waals surface area contributed by atoms with Gasteiger partial charge in [0.25, 0.3) is 10.0 Å². The molecule has 0 spiro atoms. The standard InChI is InChI=1S/C30H32Cl2F3N3O4S/c1-4-5-16-36-29(40)21(3)37(18-25-26(31)10-7-11-27(25)32)28(39)19-38(23-9-6-8-22(17-23)30(33,34)35)43(41,42)24-14-12-20(2)13-15-24/h6-15,17,21H,4-5,16,18-19H2,1-3H3,(H,36,40)/t21-/m1/s1. The minimum atomic E-state index is -4.77. The number of sulfonamides is 1. The number of unbranched alkanes of at least 4 members (excludes halogenated alkanes) is 1. The molecule has 0 fully saturated rings. The van der Waals surface area contributed by atoms with Crippen LogP contribution in [0.5, 0.6) is 0 Å². The Labute approximate surface area is 259 Å². The Morgan fingerprint density at radius 1 is 0.977 bits per heavy atom. The topological polar surface area (TPSA) is 86.8 Å². The summed E-state index contributed by atoms with van der Waals surface area (Å²) in [5, 5.41) is 3.18. The molecule has 0 radical (unpaired) electrons. The molecule has 43 heavy (non-hydrogen) atoms. The van der Waals surface area contributed by atoms with Crippen LogP contribution in [-0.2, 0) is 32.3 Å². The molecule has 0 aromatic heterocycles. The second kappa shape index (κ2) is 14.5. The number of amides is 2. The summed E-state index contributed by atoms with van der Waals surface area (Å²) in [5.41, 5.74) is -0.393. The van der Waals surface area contributed by atoms with Gasteiger partial charge in [0.1, 0.15) is 12.6 Å². The molecule has 1 atom stereocenters. The predicted octanol–water partition coefficient (Wildman–Crippen LogP) is 6.85. The van der Waals surface area contributed by atoms with Crippen LogP contribution >= 0.6 is 23.2 Å². The Morgan fingerprint density at radius 3 is 2.16 bits per heavy atom. The van der Waals surface area contributed by atoms with Gasteiger partial charge in [-0.15, -0.1) is 0 Å². The highest BCUT2D eigenvalue weighted by molar-refractivity contribution is 7.92. The van der Waals surface area contributed by atoms with E-state index < -0.39 is 46.2 Å². The number of carbonyl (C=O) groups is 2. The second-order valence-corrected chi connectivity index (χ2v) is 12.6. The first-order chi connectivity index (χ1) is 20.2. The Hall–Kier alpha value is -3.28. The van der Waals surface area contributed by atoms with Crippen molar-refractivity contribution >= 4 is 50.7 Å². The SMILES string of the molecule is CCCCNC(=O)[C@@H](C)N(Cc1c(Cl)cccc1Cl)C(=O)CN(c1cccc(C(F)(F)F)c1)S(=O)(=O)c1ccc(C)cc1. The highest BCUT2D eigenvalue weighted by Crippen LogP contribution is 2.34. The number of rotatable bonds is 12. The zero-order valence-electron chi connectivity index (χ0n) is 23.8. The zero-order chi connectivity index (χ0) is 31.9. The maximum atomic E-state index is 14.0. The first-order valence-corrected chi connectivity index (χ1v) is 15.6. The fourth-order valence-electron chi connectivity index (χ4n) is 4.18. The monoisotopic (exact) mass is 657 g/mol. The van der Waals surface area contributed by atoms with Crippen LogP contribution in [0.2, 0.25) is 10.0 Å². The molecule has 13 heteroatoms. The highest BCUT2D eigenvalue weighted by Gasteiger charge is 2.35. The van der Waals surface area contributed by atoms with Gasteiger partial charge in [-0.3, -0.25) is 13.9 Å². The van der Waals surface area contributed by atoms with Gasteiger partial charge in [-0.2, -0.15) is 13.2 Å². The summed E-state index contributed by atoms with van der Waals surface area (Å²) >= 11 is 12.7. The number of hydrogen-bond donors (Lipinski definition) is 1. The third kappa shape index (κ3) is 8.64. The Kier molecular flexibility index (Phi) is 11.5. The van der Waals surface area contributed by atoms with Gasteiger partial charge in [0.05, 0.1) is 16.1 Å². The molecule has 0 aliphatic carbocycles. The van der Waals surface area contributed by atoms with Gasteiger partial charge in [0, 0.05) is 28.7 Å². The quantitative estimate of drug-likeness (QED) is 0.216. The van der Waals surface area contributed by atoms with Crippen LogP contribution in [0.4, 0.5) is 18.9 Å². The molecule has 0 heterocycles. The molecule has 1 N–H and O–H groups in total. The Bertz CT molecular complexity index is 1530. The lowest BCUT2D eigenvalue weighted by Crippen LogP contribution is -2.51. The second-order valence-electron chi connectivity index (χ2n) is 9.92. The van der Waals surface area contributed by atoms with E-state index >= 15 is 0 Å². The molecule has 3 rings (SSSR count).